The lowest BCUT2D eigenvalue weighted by Gasteiger charge is -2.25. The minimum absolute atomic E-state index is 0.0330. The zero-order valence-electron chi connectivity index (χ0n) is 11.2. The molecule has 2 rings (SSSR count). The first-order valence-corrected chi connectivity index (χ1v) is 9.31. The van der Waals surface area contributed by atoms with E-state index in [9.17, 15) is 21.6 Å². The molecule has 1 N–H and O–H groups in total. The van der Waals surface area contributed by atoms with Crippen molar-refractivity contribution >= 4 is 27.3 Å². The van der Waals surface area contributed by atoms with Crippen LogP contribution in [-0.2, 0) is 9.84 Å². The summed E-state index contributed by atoms with van der Waals surface area (Å²) < 4.78 is 60.1. The Morgan fingerprint density at radius 1 is 1.29 bits per heavy atom. The number of anilines is 1. The second-order valence-corrected chi connectivity index (χ2v) is 8.24. The predicted molar refractivity (Wildman–Crippen MR) is 78.5 cm³/mol. The van der Waals surface area contributed by atoms with Crippen molar-refractivity contribution in [2.45, 2.75) is 30.0 Å². The van der Waals surface area contributed by atoms with Crippen LogP contribution in [-0.4, -0.2) is 37.9 Å². The van der Waals surface area contributed by atoms with Gasteiger partial charge in [-0.25, -0.2) is 8.42 Å². The average Bonchev–Trinajstić information content (AvgIpc) is 2.35. The fourth-order valence-corrected chi connectivity index (χ4v) is 4.64. The van der Waals surface area contributed by atoms with E-state index in [4.69, 9.17) is 0 Å². The van der Waals surface area contributed by atoms with Gasteiger partial charge in [0.15, 0.2) is 9.84 Å². The largest absolute Gasteiger partial charge is 0.398 e. The first kappa shape index (κ1) is 16.5. The van der Waals surface area contributed by atoms with E-state index in [1.165, 1.54) is 0 Å². The second-order valence-electron chi connectivity index (χ2n) is 5.00. The Labute approximate surface area is 126 Å². The van der Waals surface area contributed by atoms with Crippen LogP contribution in [0.1, 0.15) is 12.8 Å². The number of sulfone groups is 1. The molecule has 1 heterocycles. The van der Waals surface area contributed by atoms with E-state index in [-0.39, 0.29) is 17.5 Å². The summed E-state index contributed by atoms with van der Waals surface area (Å²) in [5, 5.41) is 3.07. The maximum atomic E-state index is 12.3. The van der Waals surface area contributed by atoms with Gasteiger partial charge in [-0.15, -0.1) is 11.8 Å². The summed E-state index contributed by atoms with van der Waals surface area (Å²) in [4.78, 5) is 0.484. The molecule has 3 nitrogen and oxygen atoms in total. The van der Waals surface area contributed by atoms with Gasteiger partial charge in [0.2, 0.25) is 0 Å². The molecule has 8 heteroatoms. The molecule has 1 aliphatic heterocycles. The summed E-state index contributed by atoms with van der Waals surface area (Å²) in [7, 11) is -3.05. The monoisotopic (exact) mass is 339 g/mol. The number of para-hydroxylation sites is 1. The van der Waals surface area contributed by atoms with Gasteiger partial charge < -0.3 is 5.32 Å². The maximum absolute atomic E-state index is 12.3. The third-order valence-electron chi connectivity index (χ3n) is 3.10. The molecule has 0 spiro atoms. The fraction of sp³-hybridized carbons (Fsp3) is 0.538. The lowest BCUT2D eigenvalue weighted by atomic mass is 10.1. The Kier molecular flexibility index (Phi) is 5.08. The molecule has 0 amide bonds. The molecule has 0 bridgehead atoms. The van der Waals surface area contributed by atoms with E-state index < -0.39 is 21.8 Å². The highest BCUT2D eigenvalue weighted by molar-refractivity contribution is 7.99. The van der Waals surface area contributed by atoms with Gasteiger partial charge in [0.25, 0.3) is 0 Å². The molecule has 0 aliphatic carbocycles. The highest BCUT2D eigenvalue weighted by atomic mass is 32.2. The topological polar surface area (TPSA) is 46.2 Å². The van der Waals surface area contributed by atoms with E-state index >= 15 is 0 Å². The highest BCUT2D eigenvalue weighted by Crippen LogP contribution is 2.33. The van der Waals surface area contributed by atoms with Gasteiger partial charge in [-0.2, -0.15) is 13.2 Å². The summed E-state index contributed by atoms with van der Waals surface area (Å²) >= 11 is 0.706. The van der Waals surface area contributed by atoms with Crippen molar-refractivity contribution in [2.24, 2.45) is 0 Å². The van der Waals surface area contributed by atoms with Crippen molar-refractivity contribution in [1.82, 2.24) is 0 Å². The minimum atomic E-state index is -4.23. The molecule has 1 unspecified atom stereocenters. The molecular formula is C13H16F3NO2S2. The third kappa shape index (κ3) is 5.43. The number of rotatable bonds is 4. The van der Waals surface area contributed by atoms with Crippen LogP contribution in [0, 0.1) is 0 Å². The molecule has 1 atom stereocenters. The lowest BCUT2D eigenvalue weighted by molar-refractivity contribution is -0.105. The molecule has 1 aromatic carbocycles. The molecule has 1 saturated heterocycles. The number of benzene rings is 1. The highest BCUT2D eigenvalue weighted by Gasteiger charge is 2.28. The van der Waals surface area contributed by atoms with Crippen molar-refractivity contribution in [3.8, 4) is 0 Å². The van der Waals surface area contributed by atoms with Crippen LogP contribution in [0.15, 0.2) is 29.2 Å². The molecule has 1 fully saturated rings. The Hall–Kier alpha value is -0.890. The predicted octanol–water partition coefficient (Wildman–Crippen LogP) is 3.33. The second kappa shape index (κ2) is 6.48. The lowest BCUT2D eigenvalue weighted by Crippen LogP contribution is -2.34. The van der Waals surface area contributed by atoms with Gasteiger partial charge in [0, 0.05) is 16.6 Å². The number of thioether (sulfide) groups is 1. The van der Waals surface area contributed by atoms with Gasteiger partial charge in [0.05, 0.1) is 17.3 Å². The van der Waals surface area contributed by atoms with Crippen LogP contribution >= 0.6 is 11.8 Å². The Bertz CT molecular complexity index is 587. The van der Waals surface area contributed by atoms with E-state index in [0.29, 0.717) is 35.2 Å². The first-order valence-electron chi connectivity index (χ1n) is 6.51. The molecule has 21 heavy (non-hydrogen) atoms. The van der Waals surface area contributed by atoms with Gasteiger partial charge in [-0.1, -0.05) is 12.1 Å². The third-order valence-corrected chi connectivity index (χ3v) is 6.06. The Morgan fingerprint density at radius 2 is 2.00 bits per heavy atom. The van der Waals surface area contributed by atoms with Crippen LogP contribution in [0.25, 0.3) is 0 Å². The van der Waals surface area contributed by atoms with E-state index in [0.717, 1.165) is 0 Å². The smallest absolute Gasteiger partial charge is 0.380 e. The number of alkyl halides is 3. The quantitative estimate of drug-likeness (QED) is 0.855. The van der Waals surface area contributed by atoms with E-state index in [1.54, 1.807) is 24.3 Å². The van der Waals surface area contributed by atoms with Gasteiger partial charge in [0.1, 0.15) is 0 Å². The molecule has 0 radical (unpaired) electrons. The van der Waals surface area contributed by atoms with Crippen LogP contribution in [0.3, 0.4) is 0 Å². The molecule has 0 saturated carbocycles. The standard InChI is InChI=1S/C13H16F3NO2S2/c14-13(15,16)9-20-12-6-2-1-5-11(12)17-10-4-3-7-21(18,19)8-10/h1-2,5-6,10,17H,3-4,7-9H2. The normalized spacial score (nSPS) is 22.0. The molecular weight excluding hydrogens is 323 g/mol. The summed E-state index contributed by atoms with van der Waals surface area (Å²) in [5.74, 6) is -0.740. The fourth-order valence-electron chi connectivity index (χ4n) is 2.23. The Balaban J connectivity index is 2.06. The van der Waals surface area contributed by atoms with Crippen LogP contribution in [0.4, 0.5) is 18.9 Å². The van der Waals surface area contributed by atoms with E-state index in [1.807, 2.05) is 0 Å². The van der Waals surface area contributed by atoms with Crippen LogP contribution < -0.4 is 5.32 Å². The number of nitrogens with one attached hydrogen (secondary N) is 1. The maximum Gasteiger partial charge on any atom is 0.398 e. The van der Waals surface area contributed by atoms with Gasteiger partial charge in [-0.05, 0) is 25.0 Å². The van der Waals surface area contributed by atoms with Crippen molar-refractivity contribution in [3.63, 3.8) is 0 Å². The van der Waals surface area contributed by atoms with E-state index in [2.05, 4.69) is 5.32 Å². The van der Waals surface area contributed by atoms with Gasteiger partial charge in [-0.3, -0.25) is 0 Å². The van der Waals surface area contributed by atoms with Crippen molar-refractivity contribution in [1.29, 1.82) is 0 Å². The Morgan fingerprint density at radius 3 is 2.67 bits per heavy atom. The molecule has 1 aromatic rings. The van der Waals surface area contributed by atoms with Crippen molar-refractivity contribution < 1.29 is 21.6 Å². The summed E-state index contributed by atoms with van der Waals surface area (Å²) in [6.45, 7) is 0. The van der Waals surface area contributed by atoms with Crippen LogP contribution in [0.2, 0.25) is 0 Å². The number of halogens is 3. The molecule has 1 aliphatic rings. The zero-order valence-corrected chi connectivity index (χ0v) is 12.8. The van der Waals surface area contributed by atoms with Crippen molar-refractivity contribution in [2.75, 3.05) is 22.6 Å². The molecule has 118 valence electrons. The average molecular weight is 339 g/mol. The molecule has 0 aromatic heterocycles. The number of hydrogen-bond donors (Lipinski definition) is 1. The first-order chi connectivity index (χ1) is 9.75. The summed E-state index contributed by atoms with van der Waals surface area (Å²) in [6.07, 6.45) is -2.94. The number of hydrogen-bond acceptors (Lipinski definition) is 4. The summed E-state index contributed by atoms with van der Waals surface area (Å²) in [5.41, 5.74) is 0.564. The summed E-state index contributed by atoms with van der Waals surface area (Å²) in [6, 6.07) is 6.44. The zero-order chi connectivity index (χ0) is 15.5. The van der Waals surface area contributed by atoms with Gasteiger partial charge >= 0.3 is 6.18 Å². The van der Waals surface area contributed by atoms with Crippen LogP contribution in [0.5, 0.6) is 0 Å². The SMILES string of the molecule is O=S1(=O)CCCC(Nc2ccccc2SCC(F)(F)F)C1. The van der Waals surface area contributed by atoms with Crippen molar-refractivity contribution in [3.05, 3.63) is 24.3 Å². The minimum Gasteiger partial charge on any atom is -0.380 e.